The van der Waals surface area contributed by atoms with Crippen LogP contribution in [-0.2, 0) is 13.1 Å². The summed E-state index contributed by atoms with van der Waals surface area (Å²) in [5, 5.41) is 0. The molecule has 0 unspecified atom stereocenters. The highest BCUT2D eigenvalue weighted by atomic mass is 19.1. The maximum atomic E-state index is 13.4. The Morgan fingerprint density at radius 1 is 0.867 bits per heavy atom. The second-order valence-corrected chi connectivity index (χ2v) is 7.23. The molecular formula is C24H19FN2O3. The van der Waals surface area contributed by atoms with Crippen LogP contribution in [0, 0.1) is 5.82 Å². The van der Waals surface area contributed by atoms with Gasteiger partial charge in [0.05, 0.1) is 17.7 Å². The zero-order valence-corrected chi connectivity index (χ0v) is 16.3. The van der Waals surface area contributed by atoms with Gasteiger partial charge in [-0.3, -0.25) is 19.3 Å². The number of nitrogens with zero attached hydrogens (tertiary/aromatic N) is 2. The van der Waals surface area contributed by atoms with Crippen molar-refractivity contribution in [1.29, 1.82) is 0 Å². The molecule has 0 spiro atoms. The summed E-state index contributed by atoms with van der Waals surface area (Å²) in [5.74, 6) is -1.26. The molecular weight excluding hydrogens is 383 g/mol. The molecule has 5 nitrogen and oxygen atoms in total. The van der Waals surface area contributed by atoms with Crippen LogP contribution in [0.25, 0.3) is 0 Å². The molecule has 0 bridgehead atoms. The van der Waals surface area contributed by atoms with Gasteiger partial charge in [0, 0.05) is 19.2 Å². The first-order valence-electron chi connectivity index (χ1n) is 9.48. The molecule has 0 fully saturated rings. The van der Waals surface area contributed by atoms with Crippen LogP contribution in [0.1, 0.15) is 42.2 Å². The number of amides is 3. The van der Waals surface area contributed by atoms with E-state index in [-0.39, 0.29) is 36.6 Å². The quantitative estimate of drug-likeness (QED) is 0.609. The van der Waals surface area contributed by atoms with Crippen molar-refractivity contribution in [2.24, 2.45) is 0 Å². The molecule has 0 aromatic heterocycles. The number of carbonyl (C=O) groups is 3. The van der Waals surface area contributed by atoms with Gasteiger partial charge in [-0.1, -0.05) is 36.4 Å². The number of hydrogen-bond donors (Lipinski definition) is 0. The zero-order valence-electron chi connectivity index (χ0n) is 16.3. The molecule has 0 radical (unpaired) electrons. The molecule has 1 aliphatic heterocycles. The van der Waals surface area contributed by atoms with E-state index in [0.29, 0.717) is 27.8 Å². The Labute approximate surface area is 173 Å². The molecule has 3 aromatic carbocycles. The van der Waals surface area contributed by atoms with Gasteiger partial charge < -0.3 is 4.90 Å². The first-order chi connectivity index (χ1) is 14.4. The summed E-state index contributed by atoms with van der Waals surface area (Å²) in [6, 6.07) is 19.7. The van der Waals surface area contributed by atoms with Gasteiger partial charge in [0.15, 0.2) is 0 Å². The maximum absolute atomic E-state index is 13.4. The number of fused-ring (bicyclic) bond motifs is 1. The van der Waals surface area contributed by atoms with Crippen LogP contribution < -0.4 is 0 Å². The molecule has 0 atom stereocenters. The Bertz CT molecular complexity index is 1120. The van der Waals surface area contributed by atoms with Gasteiger partial charge in [-0.2, -0.15) is 0 Å². The van der Waals surface area contributed by atoms with Crippen molar-refractivity contribution in [2.45, 2.75) is 13.1 Å². The molecule has 150 valence electrons. The van der Waals surface area contributed by atoms with Gasteiger partial charge in [-0.25, -0.2) is 4.39 Å². The lowest BCUT2D eigenvalue weighted by molar-refractivity contribution is 0.0642. The summed E-state index contributed by atoms with van der Waals surface area (Å²) < 4.78 is 13.4. The lowest BCUT2D eigenvalue weighted by Crippen LogP contribution is -2.29. The van der Waals surface area contributed by atoms with E-state index >= 15 is 0 Å². The lowest BCUT2D eigenvalue weighted by Gasteiger charge is -2.19. The Morgan fingerprint density at radius 2 is 1.50 bits per heavy atom. The van der Waals surface area contributed by atoms with Crippen LogP contribution in [-0.4, -0.2) is 34.6 Å². The highest BCUT2D eigenvalue weighted by Gasteiger charge is 2.35. The highest BCUT2D eigenvalue weighted by molar-refractivity contribution is 6.21. The standard InChI is InChI=1S/C24H19FN2O3/c1-26(14-17-7-5-9-19(25)13-17)22(28)18-8-4-6-16(12-18)15-27-23(29)20-10-2-3-11-21(20)24(27)30/h2-13H,14-15H2,1H3. The number of imide groups is 1. The number of halogens is 1. The Kier molecular flexibility index (Phi) is 5.14. The van der Waals surface area contributed by atoms with Crippen molar-refractivity contribution in [3.05, 3.63) is 106 Å². The molecule has 1 aliphatic rings. The van der Waals surface area contributed by atoms with E-state index < -0.39 is 0 Å². The van der Waals surface area contributed by atoms with Crippen LogP contribution in [0.4, 0.5) is 4.39 Å². The maximum Gasteiger partial charge on any atom is 0.261 e. The van der Waals surface area contributed by atoms with E-state index in [1.54, 1.807) is 67.7 Å². The number of rotatable bonds is 5. The average molecular weight is 402 g/mol. The normalized spacial score (nSPS) is 12.8. The Hall–Kier alpha value is -3.80. The third-order valence-electron chi connectivity index (χ3n) is 5.05. The highest BCUT2D eigenvalue weighted by Crippen LogP contribution is 2.24. The molecule has 3 aromatic rings. The molecule has 0 N–H and O–H groups in total. The first-order valence-corrected chi connectivity index (χ1v) is 9.48. The monoisotopic (exact) mass is 402 g/mol. The predicted octanol–water partition coefficient (Wildman–Crippen LogP) is 3.89. The van der Waals surface area contributed by atoms with Gasteiger partial charge in [-0.15, -0.1) is 0 Å². The number of carbonyl (C=O) groups excluding carboxylic acids is 3. The van der Waals surface area contributed by atoms with Crippen molar-refractivity contribution < 1.29 is 18.8 Å². The smallest absolute Gasteiger partial charge is 0.261 e. The van der Waals surface area contributed by atoms with E-state index in [9.17, 15) is 18.8 Å². The SMILES string of the molecule is CN(Cc1cccc(F)c1)C(=O)c1cccc(CN2C(=O)c3ccccc3C2=O)c1. The minimum Gasteiger partial charge on any atom is -0.337 e. The van der Waals surface area contributed by atoms with Crippen LogP contribution in [0.3, 0.4) is 0 Å². The van der Waals surface area contributed by atoms with Gasteiger partial charge in [-0.05, 0) is 47.5 Å². The van der Waals surface area contributed by atoms with Crippen molar-refractivity contribution >= 4 is 17.7 Å². The molecule has 0 aliphatic carbocycles. The fourth-order valence-corrected chi connectivity index (χ4v) is 3.57. The minimum absolute atomic E-state index is 0.0844. The molecule has 1 heterocycles. The van der Waals surface area contributed by atoms with Crippen LogP contribution in [0.5, 0.6) is 0 Å². The number of hydrogen-bond acceptors (Lipinski definition) is 3. The second kappa shape index (κ2) is 7.91. The molecule has 3 amide bonds. The van der Waals surface area contributed by atoms with Gasteiger partial charge in [0.1, 0.15) is 5.82 Å². The van der Waals surface area contributed by atoms with E-state index in [1.165, 1.54) is 21.9 Å². The average Bonchev–Trinajstić information content (AvgIpc) is 2.98. The zero-order chi connectivity index (χ0) is 21.3. The fraction of sp³-hybridized carbons (Fsp3) is 0.125. The van der Waals surface area contributed by atoms with Crippen molar-refractivity contribution in [2.75, 3.05) is 7.05 Å². The summed E-state index contributed by atoms with van der Waals surface area (Å²) in [7, 11) is 1.64. The molecule has 0 saturated carbocycles. The minimum atomic E-state index is -0.351. The van der Waals surface area contributed by atoms with Gasteiger partial charge >= 0.3 is 0 Å². The lowest BCUT2D eigenvalue weighted by atomic mass is 10.1. The van der Waals surface area contributed by atoms with Gasteiger partial charge in [0.25, 0.3) is 17.7 Å². The largest absolute Gasteiger partial charge is 0.337 e. The van der Waals surface area contributed by atoms with E-state index in [1.807, 2.05) is 0 Å². The van der Waals surface area contributed by atoms with E-state index in [0.717, 1.165) is 0 Å². The molecule has 30 heavy (non-hydrogen) atoms. The van der Waals surface area contributed by atoms with Crippen LogP contribution >= 0.6 is 0 Å². The summed E-state index contributed by atoms with van der Waals surface area (Å²) >= 11 is 0. The summed E-state index contributed by atoms with van der Waals surface area (Å²) in [5.41, 5.74) is 2.58. The number of benzene rings is 3. The third kappa shape index (κ3) is 3.72. The summed E-state index contributed by atoms with van der Waals surface area (Å²) in [6.07, 6.45) is 0. The Morgan fingerprint density at radius 3 is 2.17 bits per heavy atom. The second-order valence-electron chi connectivity index (χ2n) is 7.23. The summed E-state index contributed by atoms with van der Waals surface area (Å²) in [6.45, 7) is 0.348. The third-order valence-corrected chi connectivity index (χ3v) is 5.05. The van der Waals surface area contributed by atoms with Crippen molar-refractivity contribution in [1.82, 2.24) is 9.80 Å². The molecule has 0 saturated heterocycles. The van der Waals surface area contributed by atoms with E-state index in [2.05, 4.69) is 0 Å². The molecule has 6 heteroatoms. The van der Waals surface area contributed by atoms with Crippen molar-refractivity contribution in [3.63, 3.8) is 0 Å². The molecule has 4 rings (SSSR count). The Balaban J connectivity index is 1.50. The van der Waals surface area contributed by atoms with Crippen LogP contribution in [0.15, 0.2) is 72.8 Å². The van der Waals surface area contributed by atoms with Gasteiger partial charge in [0.2, 0.25) is 0 Å². The van der Waals surface area contributed by atoms with Crippen LogP contribution in [0.2, 0.25) is 0 Å². The van der Waals surface area contributed by atoms with Crippen molar-refractivity contribution in [3.8, 4) is 0 Å². The van der Waals surface area contributed by atoms with E-state index in [4.69, 9.17) is 0 Å². The summed E-state index contributed by atoms with van der Waals surface area (Å²) in [4.78, 5) is 40.6. The predicted molar refractivity (Wildman–Crippen MR) is 109 cm³/mol. The topological polar surface area (TPSA) is 57.7 Å². The fourth-order valence-electron chi connectivity index (χ4n) is 3.57. The first kappa shape index (κ1) is 19.5.